The topological polar surface area (TPSA) is 99.1 Å². The molecule has 0 saturated heterocycles. The van der Waals surface area contributed by atoms with Crippen LogP contribution in [0.4, 0.5) is 0 Å². The second-order valence-electron chi connectivity index (χ2n) is 2.96. The molecule has 0 fully saturated rings. The summed E-state index contributed by atoms with van der Waals surface area (Å²) in [6, 6.07) is 3.78. The molecule has 1 amide bonds. The van der Waals surface area contributed by atoms with Crippen molar-refractivity contribution in [3.63, 3.8) is 0 Å². The van der Waals surface area contributed by atoms with Crippen molar-refractivity contribution in [2.24, 2.45) is 5.73 Å². The van der Waals surface area contributed by atoms with Crippen LogP contribution in [0.1, 0.15) is 10.4 Å². The maximum atomic E-state index is 10.5. The van der Waals surface area contributed by atoms with Gasteiger partial charge in [0.2, 0.25) is 5.91 Å². The summed E-state index contributed by atoms with van der Waals surface area (Å²) in [5, 5.41) is 22.3. The highest BCUT2D eigenvalue weighted by Gasteiger charge is 2.09. The Morgan fingerprint density at radius 3 is 3.07 bits per heavy atom. The molecule has 0 saturated carbocycles. The number of thiophene rings is 1. The zero-order chi connectivity index (χ0) is 11.3. The van der Waals surface area contributed by atoms with Crippen LogP contribution in [0.3, 0.4) is 0 Å². The first-order valence-electron chi connectivity index (χ1n) is 4.29. The highest BCUT2D eigenvalue weighted by atomic mass is 32.1. The number of nitrogens with two attached hydrogens (primary N) is 1. The van der Waals surface area contributed by atoms with Gasteiger partial charge in [-0.2, -0.15) is 5.26 Å². The summed E-state index contributed by atoms with van der Waals surface area (Å²) in [5.74, 6) is -0.744. The van der Waals surface area contributed by atoms with Crippen molar-refractivity contribution in [1.29, 1.82) is 5.26 Å². The number of carbonyl (C=O) groups is 1. The number of hydrogen-bond acceptors (Lipinski definition) is 5. The van der Waals surface area contributed by atoms with Gasteiger partial charge in [-0.1, -0.05) is 0 Å². The zero-order valence-electron chi connectivity index (χ0n) is 7.93. The molecule has 1 unspecified atom stereocenters. The molecule has 0 aliphatic carbocycles. The summed E-state index contributed by atoms with van der Waals surface area (Å²) >= 11 is 1.45. The lowest BCUT2D eigenvalue weighted by Gasteiger charge is -2.06. The Morgan fingerprint density at radius 1 is 1.80 bits per heavy atom. The number of nitrogens with one attached hydrogen (secondary N) is 1. The number of nitrogens with zero attached hydrogens (tertiary/aromatic N) is 1. The van der Waals surface area contributed by atoms with Crippen molar-refractivity contribution in [1.82, 2.24) is 5.32 Å². The Balaban J connectivity index is 2.32. The van der Waals surface area contributed by atoms with E-state index in [-0.39, 0.29) is 6.54 Å². The van der Waals surface area contributed by atoms with Crippen molar-refractivity contribution < 1.29 is 9.90 Å². The van der Waals surface area contributed by atoms with E-state index in [1.807, 2.05) is 6.07 Å². The molecule has 0 aliphatic rings. The van der Waals surface area contributed by atoms with Gasteiger partial charge in [-0.15, -0.1) is 11.3 Å². The van der Waals surface area contributed by atoms with Crippen LogP contribution < -0.4 is 11.1 Å². The van der Waals surface area contributed by atoms with E-state index in [0.29, 0.717) is 12.1 Å². The quantitative estimate of drug-likeness (QED) is 0.632. The molecule has 0 aromatic carbocycles. The standard InChI is InChI=1S/C9H11N3O2S/c10-2-6-1-7(15-5-6)3-12-4-8(13)9(11)14/h1,5,8,12-13H,3-4H2,(H2,11,14). The Kier molecular flexibility index (Phi) is 4.24. The van der Waals surface area contributed by atoms with Gasteiger partial charge in [-0.05, 0) is 6.07 Å². The number of rotatable bonds is 5. The number of primary amides is 1. The fraction of sp³-hybridized carbons (Fsp3) is 0.333. The molecular formula is C9H11N3O2S. The number of amides is 1. The maximum Gasteiger partial charge on any atom is 0.247 e. The summed E-state index contributed by atoms with van der Waals surface area (Å²) in [7, 11) is 0. The molecule has 0 radical (unpaired) electrons. The van der Waals surface area contributed by atoms with Gasteiger partial charge in [0.1, 0.15) is 12.2 Å². The van der Waals surface area contributed by atoms with E-state index in [1.54, 1.807) is 11.4 Å². The Hall–Kier alpha value is -1.42. The Bertz CT molecular complexity index is 383. The third kappa shape index (κ3) is 3.67. The monoisotopic (exact) mass is 225 g/mol. The van der Waals surface area contributed by atoms with E-state index in [0.717, 1.165) is 4.88 Å². The highest BCUT2D eigenvalue weighted by Crippen LogP contribution is 2.13. The van der Waals surface area contributed by atoms with Gasteiger partial charge in [0, 0.05) is 23.3 Å². The molecular weight excluding hydrogens is 214 g/mol. The van der Waals surface area contributed by atoms with Gasteiger partial charge in [0.05, 0.1) is 5.56 Å². The SMILES string of the molecule is N#Cc1csc(CNCC(O)C(N)=O)c1. The lowest BCUT2D eigenvalue weighted by atomic mass is 10.3. The third-order valence-electron chi connectivity index (χ3n) is 1.75. The zero-order valence-corrected chi connectivity index (χ0v) is 8.75. The molecule has 1 atom stereocenters. The summed E-state index contributed by atoms with van der Waals surface area (Å²) in [6.07, 6.45) is -1.17. The first-order valence-corrected chi connectivity index (χ1v) is 5.17. The van der Waals surface area contributed by atoms with Gasteiger partial charge in [-0.25, -0.2) is 0 Å². The van der Waals surface area contributed by atoms with E-state index in [9.17, 15) is 4.79 Å². The lowest BCUT2D eigenvalue weighted by Crippen LogP contribution is -2.37. The van der Waals surface area contributed by atoms with Crippen molar-refractivity contribution in [3.05, 3.63) is 21.9 Å². The molecule has 1 heterocycles. The second-order valence-corrected chi connectivity index (χ2v) is 3.96. The molecule has 0 spiro atoms. The summed E-state index contributed by atoms with van der Waals surface area (Å²) < 4.78 is 0. The molecule has 5 nitrogen and oxygen atoms in total. The minimum absolute atomic E-state index is 0.120. The largest absolute Gasteiger partial charge is 0.382 e. The van der Waals surface area contributed by atoms with Gasteiger partial charge in [-0.3, -0.25) is 4.79 Å². The van der Waals surface area contributed by atoms with Crippen LogP contribution in [0.15, 0.2) is 11.4 Å². The summed E-state index contributed by atoms with van der Waals surface area (Å²) in [6.45, 7) is 0.631. The first-order chi connectivity index (χ1) is 7.13. The number of nitriles is 1. The average Bonchev–Trinajstić information content (AvgIpc) is 2.65. The lowest BCUT2D eigenvalue weighted by molar-refractivity contribution is -0.125. The van der Waals surface area contributed by atoms with E-state index in [2.05, 4.69) is 5.32 Å². The molecule has 6 heteroatoms. The fourth-order valence-corrected chi connectivity index (χ4v) is 1.74. The summed E-state index contributed by atoms with van der Waals surface area (Å²) in [4.78, 5) is 11.5. The summed E-state index contributed by atoms with van der Waals surface area (Å²) in [5.41, 5.74) is 5.49. The number of aliphatic hydroxyl groups excluding tert-OH is 1. The molecule has 1 aromatic rings. The van der Waals surface area contributed by atoms with Gasteiger partial charge in [0.15, 0.2) is 0 Å². The minimum Gasteiger partial charge on any atom is -0.382 e. The van der Waals surface area contributed by atoms with Crippen LogP contribution in [0.5, 0.6) is 0 Å². The highest BCUT2D eigenvalue weighted by molar-refractivity contribution is 7.10. The van der Waals surface area contributed by atoms with Crippen molar-refractivity contribution in [3.8, 4) is 6.07 Å². The van der Waals surface area contributed by atoms with Gasteiger partial charge < -0.3 is 16.2 Å². The van der Waals surface area contributed by atoms with Crippen LogP contribution in [-0.4, -0.2) is 23.7 Å². The molecule has 4 N–H and O–H groups in total. The Labute approximate surface area is 91.1 Å². The molecule has 15 heavy (non-hydrogen) atoms. The van der Waals surface area contributed by atoms with Crippen molar-refractivity contribution in [2.75, 3.05) is 6.54 Å². The number of carbonyl (C=O) groups excluding carboxylic acids is 1. The number of hydrogen-bond donors (Lipinski definition) is 3. The maximum absolute atomic E-state index is 10.5. The van der Waals surface area contributed by atoms with Crippen molar-refractivity contribution >= 4 is 17.2 Å². The van der Waals surface area contributed by atoms with E-state index in [1.165, 1.54) is 11.3 Å². The van der Waals surface area contributed by atoms with Crippen LogP contribution >= 0.6 is 11.3 Å². The van der Waals surface area contributed by atoms with Crippen LogP contribution in [0, 0.1) is 11.3 Å². The number of aliphatic hydroxyl groups is 1. The second kappa shape index (κ2) is 5.46. The predicted octanol–water partition coefficient (Wildman–Crippen LogP) is -0.444. The molecule has 80 valence electrons. The van der Waals surface area contributed by atoms with Crippen LogP contribution in [-0.2, 0) is 11.3 Å². The smallest absolute Gasteiger partial charge is 0.247 e. The molecule has 0 aliphatic heterocycles. The molecule has 1 aromatic heterocycles. The predicted molar refractivity (Wildman–Crippen MR) is 55.9 cm³/mol. The fourth-order valence-electron chi connectivity index (χ4n) is 0.965. The third-order valence-corrected chi connectivity index (χ3v) is 2.68. The van der Waals surface area contributed by atoms with Crippen LogP contribution in [0.25, 0.3) is 0 Å². The first kappa shape index (κ1) is 11.7. The van der Waals surface area contributed by atoms with Crippen molar-refractivity contribution in [2.45, 2.75) is 12.6 Å². The Morgan fingerprint density at radius 2 is 2.53 bits per heavy atom. The van der Waals surface area contributed by atoms with E-state index < -0.39 is 12.0 Å². The van der Waals surface area contributed by atoms with E-state index in [4.69, 9.17) is 16.1 Å². The van der Waals surface area contributed by atoms with Crippen LogP contribution in [0.2, 0.25) is 0 Å². The molecule has 1 rings (SSSR count). The minimum atomic E-state index is -1.17. The van der Waals surface area contributed by atoms with E-state index >= 15 is 0 Å². The van der Waals surface area contributed by atoms with Gasteiger partial charge in [0.25, 0.3) is 0 Å². The molecule has 0 bridgehead atoms. The van der Waals surface area contributed by atoms with Gasteiger partial charge >= 0.3 is 0 Å². The average molecular weight is 225 g/mol. The normalized spacial score (nSPS) is 12.0.